The van der Waals surface area contributed by atoms with E-state index in [2.05, 4.69) is 6.92 Å². The van der Waals surface area contributed by atoms with E-state index in [9.17, 15) is 0 Å². The molecule has 1 saturated heterocycles. The van der Waals surface area contributed by atoms with Crippen LogP contribution >= 0.6 is 0 Å². The van der Waals surface area contributed by atoms with Crippen LogP contribution in [0.5, 0.6) is 0 Å². The molecule has 0 saturated carbocycles. The van der Waals surface area contributed by atoms with E-state index >= 15 is 0 Å². The van der Waals surface area contributed by atoms with Crippen LogP contribution in [0.25, 0.3) is 0 Å². The van der Waals surface area contributed by atoms with Crippen molar-refractivity contribution in [3.05, 3.63) is 0 Å². The minimum absolute atomic E-state index is 0.362. The highest BCUT2D eigenvalue weighted by molar-refractivity contribution is 4.69. The maximum absolute atomic E-state index is 5.96. The van der Waals surface area contributed by atoms with Crippen LogP contribution in [-0.4, -0.2) is 18.5 Å². The van der Waals surface area contributed by atoms with Gasteiger partial charge in [-0.1, -0.05) is 90.4 Å². The molecule has 0 spiro atoms. The van der Waals surface area contributed by atoms with Gasteiger partial charge in [0.2, 0.25) is 0 Å². The summed E-state index contributed by atoms with van der Waals surface area (Å²) in [7, 11) is 0. The molecule has 0 aromatic carbocycles. The Kier molecular flexibility index (Phi) is 12.1. The number of ether oxygens (including phenoxy) is 2. The normalized spacial score (nSPS) is 20.7. The molecule has 1 rings (SSSR count). The van der Waals surface area contributed by atoms with E-state index in [0.717, 1.165) is 13.0 Å². The van der Waals surface area contributed by atoms with Gasteiger partial charge in [0.15, 0.2) is 5.79 Å². The van der Waals surface area contributed by atoms with Gasteiger partial charge in [-0.25, -0.2) is 0 Å². The van der Waals surface area contributed by atoms with E-state index in [4.69, 9.17) is 9.47 Å². The average molecular weight is 327 g/mol. The van der Waals surface area contributed by atoms with Crippen LogP contribution in [-0.2, 0) is 9.47 Å². The largest absolute Gasteiger partial charge is 0.350 e. The van der Waals surface area contributed by atoms with Crippen LogP contribution in [0.2, 0.25) is 0 Å². The molecule has 1 unspecified atom stereocenters. The molecule has 1 aliphatic heterocycles. The molecule has 0 bridgehead atoms. The monoisotopic (exact) mass is 326 g/mol. The predicted octanol–water partition coefficient (Wildman–Crippen LogP) is 7.01. The summed E-state index contributed by atoms with van der Waals surface area (Å²) < 4.78 is 11.6. The summed E-state index contributed by atoms with van der Waals surface area (Å²) in [6.45, 7) is 7.21. The molecule has 0 aromatic heterocycles. The fraction of sp³-hybridized carbons (Fsp3) is 1.00. The van der Waals surface area contributed by atoms with E-state index in [-0.39, 0.29) is 5.79 Å². The Bertz CT molecular complexity index is 263. The molecule has 2 nitrogen and oxygen atoms in total. The van der Waals surface area contributed by atoms with Gasteiger partial charge >= 0.3 is 0 Å². The molecule has 0 aromatic rings. The summed E-state index contributed by atoms with van der Waals surface area (Å²) in [5.41, 5.74) is 0. The van der Waals surface area contributed by atoms with Crippen LogP contribution < -0.4 is 0 Å². The van der Waals surface area contributed by atoms with Gasteiger partial charge in [-0.3, -0.25) is 0 Å². The first-order chi connectivity index (χ1) is 11.1. The SMILES string of the molecule is CCCCCCCCCCCCCCCC1CCOC(C)(C)O1. The highest BCUT2D eigenvalue weighted by Crippen LogP contribution is 2.25. The summed E-state index contributed by atoms with van der Waals surface area (Å²) in [5, 5.41) is 0. The van der Waals surface area contributed by atoms with Gasteiger partial charge in [-0.15, -0.1) is 0 Å². The van der Waals surface area contributed by atoms with Gasteiger partial charge in [0.05, 0.1) is 12.7 Å². The molecule has 0 radical (unpaired) electrons. The quantitative estimate of drug-likeness (QED) is 0.320. The molecular weight excluding hydrogens is 284 g/mol. The highest BCUT2D eigenvalue weighted by Gasteiger charge is 2.28. The second-order valence-corrected chi connectivity index (χ2v) is 7.81. The van der Waals surface area contributed by atoms with E-state index in [1.54, 1.807) is 0 Å². The average Bonchev–Trinajstić information content (AvgIpc) is 2.51. The lowest BCUT2D eigenvalue weighted by atomic mass is 10.0. The van der Waals surface area contributed by atoms with Gasteiger partial charge in [0.25, 0.3) is 0 Å². The number of unbranched alkanes of at least 4 members (excludes halogenated alkanes) is 12. The summed E-state index contributed by atoms with van der Waals surface area (Å²) >= 11 is 0. The van der Waals surface area contributed by atoms with E-state index in [1.165, 1.54) is 89.9 Å². The van der Waals surface area contributed by atoms with Crippen molar-refractivity contribution in [2.45, 2.75) is 129 Å². The maximum Gasteiger partial charge on any atom is 0.163 e. The van der Waals surface area contributed by atoms with Crippen molar-refractivity contribution in [2.24, 2.45) is 0 Å². The fourth-order valence-electron chi connectivity index (χ4n) is 3.52. The molecule has 23 heavy (non-hydrogen) atoms. The standard InChI is InChI=1S/C21H42O2/c1-4-5-6-7-8-9-10-11-12-13-14-15-16-17-20-18-19-22-21(2,3)23-20/h20H,4-19H2,1-3H3. The van der Waals surface area contributed by atoms with Crippen molar-refractivity contribution in [1.29, 1.82) is 0 Å². The van der Waals surface area contributed by atoms with E-state index in [0.29, 0.717) is 6.10 Å². The van der Waals surface area contributed by atoms with Crippen molar-refractivity contribution in [2.75, 3.05) is 6.61 Å². The van der Waals surface area contributed by atoms with E-state index < -0.39 is 0 Å². The zero-order valence-electron chi connectivity index (χ0n) is 16.2. The number of rotatable bonds is 14. The molecular formula is C21H42O2. The first-order valence-electron chi connectivity index (χ1n) is 10.5. The third-order valence-corrected chi connectivity index (χ3v) is 4.97. The van der Waals surface area contributed by atoms with Gasteiger partial charge in [-0.05, 0) is 26.7 Å². The molecule has 1 atom stereocenters. The van der Waals surface area contributed by atoms with Gasteiger partial charge < -0.3 is 9.47 Å². The van der Waals surface area contributed by atoms with Crippen LogP contribution in [0.3, 0.4) is 0 Å². The lowest BCUT2D eigenvalue weighted by Gasteiger charge is -2.36. The highest BCUT2D eigenvalue weighted by atomic mass is 16.7. The Balaban J connectivity index is 1.78. The Morgan fingerprint density at radius 2 is 1.22 bits per heavy atom. The zero-order valence-corrected chi connectivity index (χ0v) is 16.2. The lowest BCUT2D eigenvalue weighted by molar-refractivity contribution is -0.274. The topological polar surface area (TPSA) is 18.5 Å². The lowest BCUT2D eigenvalue weighted by Crippen LogP contribution is -2.39. The maximum atomic E-state index is 5.96. The van der Waals surface area contributed by atoms with Gasteiger partial charge in [0, 0.05) is 0 Å². The molecule has 138 valence electrons. The Morgan fingerprint density at radius 1 is 0.739 bits per heavy atom. The van der Waals surface area contributed by atoms with Gasteiger partial charge in [-0.2, -0.15) is 0 Å². The third-order valence-electron chi connectivity index (χ3n) is 4.97. The molecule has 1 heterocycles. The number of hydrogen-bond acceptors (Lipinski definition) is 2. The molecule has 0 N–H and O–H groups in total. The summed E-state index contributed by atoms with van der Waals surface area (Å²) in [4.78, 5) is 0. The molecule has 1 aliphatic rings. The second-order valence-electron chi connectivity index (χ2n) is 7.81. The van der Waals surface area contributed by atoms with Gasteiger partial charge in [0.1, 0.15) is 0 Å². The van der Waals surface area contributed by atoms with Crippen LogP contribution in [0.15, 0.2) is 0 Å². The fourth-order valence-corrected chi connectivity index (χ4v) is 3.52. The molecule has 0 aliphatic carbocycles. The zero-order chi connectivity index (χ0) is 16.8. The van der Waals surface area contributed by atoms with Crippen molar-refractivity contribution >= 4 is 0 Å². The summed E-state index contributed by atoms with van der Waals surface area (Å²) in [6.07, 6.45) is 21.2. The first-order valence-corrected chi connectivity index (χ1v) is 10.5. The van der Waals surface area contributed by atoms with Crippen molar-refractivity contribution < 1.29 is 9.47 Å². The van der Waals surface area contributed by atoms with Crippen LogP contribution in [0.4, 0.5) is 0 Å². The molecule has 2 heteroatoms. The van der Waals surface area contributed by atoms with Crippen LogP contribution in [0.1, 0.15) is 117 Å². The van der Waals surface area contributed by atoms with Crippen LogP contribution in [0, 0.1) is 0 Å². The Morgan fingerprint density at radius 3 is 1.70 bits per heavy atom. The van der Waals surface area contributed by atoms with Crippen molar-refractivity contribution in [3.8, 4) is 0 Å². The van der Waals surface area contributed by atoms with Crippen molar-refractivity contribution in [3.63, 3.8) is 0 Å². The Hall–Kier alpha value is -0.0800. The van der Waals surface area contributed by atoms with Crippen molar-refractivity contribution in [1.82, 2.24) is 0 Å². The third kappa shape index (κ3) is 12.0. The first kappa shape index (κ1) is 21.0. The minimum atomic E-state index is -0.362. The molecule has 0 amide bonds. The smallest absolute Gasteiger partial charge is 0.163 e. The predicted molar refractivity (Wildman–Crippen MR) is 99.8 cm³/mol. The minimum Gasteiger partial charge on any atom is -0.350 e. The molecule has 1 fully saturated rings. The van der Waals surface area contributed by atoms with E-state index in [1.807, 2.05) is 13.8 Å². The second kappa shape index (κ2) is 13.2. The summed E-state index contributed by atoms with van der Waals surface area (Å²) in [5.74, 6) is -0.362. The number of hydrogen-bond donors (Lipinski definition) is 0. The summed E-state index contributed by atoms with van der Waals surface area (Å²) in [6, 6.07) is 0. The Labute approximate surface area is 145 Å².